The number of benzene rings is 1. The van der Waals surface area contributed by atoms with Crippen LogP contribution in [-0.2, 0) is 0 Å². The number of rotatable bonds is 0. The van der Waals surface area contributed by atoms with Crippen LogP contribution in [0, 0.1) is 6.92 Å². The summed E-state index contributed by atoms with van der Waals surface area (Å²) >= 11 is 0. The average Bonchev–Trinajstić information content (AvgIpc) is 2.19. The molecule has 1 aromatic heterocycles. The van der Waals surface area contributed by atoms with Crippen LogP contribution in [0.25, 0.3) is 10.9 Å². The number of fused-ring (bicyclic) bond motifs is 1. The predicted molar refractivity (Wildman–Crippen MR) is 59.2 cm³/mol. The minimum Gasteiger partial charge on any atom is -0.274 e. The lowest BCUT2D eigenvalue weighted by Gasteiger charge is -2.07. The molecule has 0 fully saturated rings. The third-order valence-corrected chi connectivity index (χ3v) is 2.40. The molecule has 0 saturated carbocycles. The van der Waals surface area contributed by atoms with E-state index in [9.17, 15) is 9.59 Å². The molecule has 0 aliphatic heterocycles. The topological polar surface area (TPSA) is 39.1 Å². The molecule has 0 atom stereocenters. The van der Waals surface area contributed by atoms with Crippen molar-refractivity contribution in [3.63, 3.8) is 0 Å². The second kappa shape index (κ2) is 3.35. The molecule has 2 aromatic rings. The Kier molecular flexibility index (Phi) is 2.15. The first-order valence-corrected chi connectivity index (χ1v) is 4.73. The van der Waals surface area contributed by atoms with Crippen molar-refractivity contribution in [2.24, 2.45) is 0 Å². The molecule has 0 radical (unpaired) electrons. The Morgan fingerprint density at radius 1 is 1.27 bits per heavy atom. The first-order valence-electron chi connectivity index (χ1n) is 4.73. The molecule has 15 heavy (non-hydrogen) atoms. The van der Waals surface area contributed by atoms with E-state index in [1.165, 1.54) is 11.5 Å². The maximum Gasteiger partial charge on any atom is 0.260 e. The maximum atomic E-state index is 11.8. The molecule has 3 nitrogen and oxygen atoms in total. The van der Waals surface area contributed by atoms with Gasteiger partial charge in [-0.1, -0.05) is 18.2 Å². The van der Waals surface area contributed by atoms with Crippen LogP contribution in [0.1, 0.15) is 17.3 Å². The zero-order valence-corrected chi connectivity index (χ0v) is 8.65. The SMILES string of the molecule is CC(=O)n1c(=O)c(C)cc2ccccc21. The van der Waals surface area contributed by atoms with Gasteiger partial charge >= 0.3 is 0 Å². The van der Waals surface area contributed by atoms with E-state index in [1.807, 2.05) is 18.2 Å². The van der Waals surface area contributed by atoms with Gasteiger partial charge in [0.05, 0.1) is 5.52 Å². The van der Waals surface area contributed by atoms with Gasteiger partial charge in [0.25, 0.3) is 5.56 Å². The molecule has 0 unspecified atom stereocenters. The molecule has 0 N–H and O–H groups in total. The van der Waals surface area contributed by atoms with E-state index in [4.69, 9.17) is 0 Å². The third-order valence-electron chi connectivity index (χ3n) is 2.40. The zero-order valence-electron chi connectivity index (χ0n) is 8.65. The molecular weight excluding hydrogens is 190 g/mol. The summed E-state index contributed by atoms with van der Waals surface area (Å²) in [5.41, 5.74) is 1.02. The van der Waals surface area contributed by atoms with Crippen molar-refractivity contribution in [1.82, 2.24) is 4.57 Å². The number of nitrogens with zero attached hydrogens (tertiary/aromatic N) is 1. The quantitative estimate of drug-likeness (QED) is 0.653. The van der Waals surface area contributed by atoms with E-state index in [2.05, 4.69) is 0 Å². The van der Waals surface area contributed by atoms with Gasteiger partial charge in [-0.3, -0.25) is 9.59 Å². The zero-order chi connectivity index (χ0) is 11.0. The minimum absolute atomic E-state index is 0.235. The number of aromatic nitrogens is 1. The van der Waals surface area contributed by atoms with Crippen LogP contribution in [0.5, 0.6) is 0 Å². The molecule has 1 heterocycles. The molecular formula is C12H11NO2. The van der Waals surface area contributed by atoms with E-state index < -0.39 is 0 Å². The smallest absolute Gasteiger partial charge is 0.260 e. The monoisotopic (exact) mass is 201 g/mol. The molecule has 1 aromatic carbocycles. The number of hydrogen-bond acceptors (Lipinski definition) is 2. The van der Waals surface area contributed by atoms with Gasteiger partial charge in [0.15, 0.2) is 0 Å². The first kappa shape index (κ1) is 9.65. The fourth-order valence-electron chi connectivity index (χ4n) is 1.71. The summed E-state index contributed by atoms with van der Waals surface area (Å²) in [4.78, 5) is 23.2. The Morgan fingerprint density at radius 3 is 2.60 bits per heavy atom. The molecule has 3 heteroatoms. The highest BCUT2D eigenvalue weighted by Crippen LogP contribution is 2.12. The van der Waals surface area contributed by atoms with Gasteiger partial charge in [-0.2, -0.15) is 0 Å². The fourth-order valence-corrected chi connectivity index (χ4v) is 1.71. The highest BCUT2D eigenvalue weighted by molar-refractivity contribution is 5.90. The van der Waals surface area contributed by atoms with Crippen LogP contribution < -0.4 is 5.56 Å². The normalized spacial score (nSPS) is 10.5. The van der Waals surface area contributed by atoms with Gasteiger partial charge in [-0.25, -0.2) is 4.57 Å². The Hall–Kier alpha value is -1.90. The van der Waals surface area contributed by atoms with Gasteiger partial charge in [0, 0.05) is 12.5 Å². The standard InChI is InChI=1S/C12H11NO2/c1-8-7-10-5-3-4-6-11(10)13(9(2)14)12(8)15/h3-7H,1-2H3. The van der Waals surface area contributed by atoms with Crippen LogP contribution in [-0.4, -0.2) is 10.5 Å². The van der Waals surface area contributed by atoms with E-state index >= 15 is 0 Å². The number of para-hydroxylation sites is 1. The Bertz CT molecular complexity index is 596. The Balaban J connectivity index is 3.02. The summed E-state index contributed by atoms with van der Waals surface area (Å²) < 4.78 is 1.21. The van der Waals surface area contributed by atoms with Crippen LogP contribution in [0.2, 0.25) is 0 Å². The predicted octanol–water partition coefficient (Wildman–Crippen LogP) is 1.97. The van der Waals surface area contributed by atoms with E-state index in [1.54, 1.807) is 19.1 Å². The van der Waals surface area contributed by atoms with Crippen LogP contribution in [0.15, 0.2) is 35.1 Å². The lowest BCUT2D eigenvalue weighted by atomic mass is 10.1. The van der Waals surface area contributed by atoms with Gasteiger partial charge in [-0.05, 0) is 24.4 Å². The third kappa shape index (κ3) is 1.46. The lowest BCUT2D eigenvalue weighted by Crippen LogP contribution is -2.26. The summed E-state index contributed by atoms with van der Waals surface area (Å²) in [5, 5.41) is 0.907. The van der Waals surface area contributed by atoms with Crippen LogP contribution in [0.4, 0.5) is 0 Å². The van der Waals surface area contributed by atoms with Gasteiger partial charge in [-0.15, -0.1) is 0 Å². The molecule has 0 amide bonds. The highest BCUT2D eigenvalue weighted by atomic mass is 16.2. The molecule has 2 rings (SSSR count). The maximum absolute atomic E-state index is 11.8. The summed E-state index contributed by atoms with van der Waals surface area (Å²) in [7, 11) is 0. The fraction of sp³-hybridized carbons (Fsp3) is 0.167. The van der Waals surface area contributed by atoms with Crippen molar-refractivity contribution in [2.75, 3.05) is 0 Å². The highest BCUT2D eigenvalue weighted by Gasteiger charge is 2.08. The number of pyridine rings is 1. The largest absolute Gasteiger partial charge is 0.274 e. The Labute approximate surface area is 87.0 Å². The van der Waals surface area contributed by atoms with E-state index in [0.717, 1.165) is 5.39 Å². The van der Waals surface area contributed by atoms with E-state index in [0.29, 0.717) is 11.1 Å². The van der Waals surface area contributed by atoms with Crippen molar-refractivity contribution in [3.8, 4) is 0 Å². The first-order chi connectivity index (χ1) is 7.11. The summed E-state index contributed by atoms with van der Waals surface area (Å²) in [6.07, 6.45) is 0. The van der Waals surface area contributed by atoms with Gasteiger partial charge in [0.2, 0.25) is 5.91 Å². The van der Waals surface area contributed by atoms with Crippen molar-refractivity contribution in [1.29, 1.82) is 0 Å². The van der Waals surface area contributed by atoms with Crippen LogP contribution >= 0.6 is 0 Å². The van der Waals surface area contributed by atoms with Gasteiger partial charge in [0.1, 0.15) is 0 Å². The minimum atomic E-state index is -0.250. The van der Waals surface area contributed by atoms with Gasteiger partial charge < -0.3 is 0 Å². The van der Waals surface area contributed by atoms with Crippen LogP contribution in [0.3, 0.4) is 0 Å². The lowest BCUT2D eigenvalue weighted by molar-refractivity contribution is 0.0937. The molecule has 0 aliphatic rings. The number of hydrogen-bond donors (Lipinski definition) is 0. The van der Waals surface area contributed by atoms with E-state index in [-0.39, 0.29) is 11.5 Å². The van der Waals surface area contributed by atoms with Crippen molar-refractivity contribution in [3.05, 3.63) is 46.2 Å². The molecule has 0 bridgehead atoms. The van der Waals surface area contributed by atoms with Crippen molar-refractivity contribution in [2.45, 2.75) is 13.8 Å². The summed E-state index contributed by atoms with van der Waals surface area (Å²) in [6, 6.07) is 9.17. The molecule has 0 saturated heterocycles. The van der Waals surface area contributed by atoms with Crippen molar-refractivity contribution < 1.29 is 4.79 Å². The Morgan fingerprint density at radius 2 is 1.93 bits per heavy atom. The summed E-state index contributed by atoms with van der Waals surface area (Å²) in [6.45, 7) is 3.11. The molecule has 0 aliphatic carbocycles. The second-order valence-corrected chi connectivity index (χ2v) is 3.55. The average molecular weight is 201 g/mol. The molecule has 0 spiro atoms. The number of carbonyl (C=O) groups excluding carboxylic acids is 1. The molecule has 76 valence electrons. The summed E-state index contributed by atoms with van der Waals surface area (Å²) in [5.74, 6) is -0.250. The second-order valence-electron chi connectivity index (χ2n) is 3.55. The number of aryl methyl sites for hydroxylation is 1. The van der Waals surface area contributed by atoms with Crippen molar-refractivity contribution >= 4 is 16.8 Å². The number of carbonyl (C=O) groups is 1.